The van der Waals surface area contributed by atoms with Crippen LogP contribution in [-0.2, 0) is 16.4 Å². The first-order valence-electron chi connectivity index (χ1n) is 5.95. The molecule has 0 aliphatic carbocycles. The predicted molar refractivity (Wildman–Crippen MR) is 67.3 cm³/mol. The summed E-state index contributed by atoms with van der Waals surface area (Å²) in [5.41, 5.74) is 1.12. The third-order valence-electron chi connectivity index (χ3n) is 3.02. The zero-order valence-corrected chi connectivity index (χ0v) is 10.6. The Balaban J connectivity index is 1.73. The summed E-state index contributed by atoms with van der Waals surface area (Å²) in [6.45, 7) is 2.22. The molecule has 1 saturated heterocycles. The zero-order chi connectivity index (χ0) is 12.1. The van der Waals surface area contributed by atoms with E-state index in [1.54, 1.807) is 0 Å². The Kier molecular flexibility index (Phi) is 4.20. The van der Waals surface area contributed by atoms with Gasteiger partial charge in [-0.3, -0.25) is 0 Å². The fourth-order valence-corrected chi connectivity index (χ4v) is 3.53. The number of hydrogen-bond acceptors (Lipinski definition) is 3. The van der Waals surface area contributed by atoms with E-state index < -0.39 is 10.0 Å². The van der Waals surface area contributed by atoms with Gasteiger partial charge in [-0.15, -0.1) is 0 Å². The Morgan fingerprint density at radius 2 is 2.35 bits per heavy atom. The molecule has 17 heavy (non-hydrogen) atoms. The van der Waals surface area contributed by atoms with Crippen molar-refractivity contribution in [3.63, 3.8) is 0 Å². The molecule has 1 aliphatic heterocycles. The van der Waals surface area contributed by atoms with Crippen LogP contribution in [0.15, 0.2) is 18.5 Å². The van der Waals surface area contributed by atoms with Crippen molar-refractivity contribution in [1.29, 1.82) is 0 Å². The fourth-order valence-electron chi connectivity index (χ4n) is 2.09. The number of aromatic nitrogens is 1. The second kappa shape index (κ2) is 5.66. The van der Waals surface area contributed by atoms with Gasteiger partial charge in [0.15, 0.2) is 0 Å². The molecule has 1 aromatic heterocycles. The van der Waals surface area contributed by atoms with Gasteiger partial charge < -0.3 is 10.3 Å². The number of rotatable bonds is 6. The first-order valence-corrected chi connectivity index (χ1v) is 7.61. The number of hydrogen-bond donors (Lipinski definition) is 3. The van der Waals surface area contributed by atoms with Gasteiger partial charge in [-0.05, 0) is 43.5 Å². The maximum atomic E-state index is 11.8. The zero-order valence-electron chi connectivity index (χ0n) is 9.78. The number of H-pyrrole nitrogens is 1. The number of sulfonamides is 1. The van der Waals surface area contributed by atoms with Crippen molar-refractivity contribution in [1.82, 2.24) is 15.0 Å². The largest absolute Gasteiger partial charge is 0.367 e. The summed E-state index contributed by atoms with van der Waals surface area (Å²) in [5, 5.41) is 3.18. The topological polar surface area (TPSA) is 74.0 Å². The van der Waals surface area contributed by atoms with Gasteiger partial charge in [0.05, 0.1) is 5.75 Å². The van der Waals surface area contributed by atoms with Gasteiger partial charge in [-0.25, -0.2) is 13.1 Å². The molecule has 1 atom stereocenters. The van der Waals surface area contributed by atoms with Crippen molar-refractivity contribution in [2.24, 2.45) is 5.92 Å². The first-order chi connectivity index (χ1) is 8.16. The quantitative estimate of drug-likeness (QED) is 0.676. The van der Waals surface area contributed by atoms with Crippen LogP contribution in [0.1, 0.15) is 12.0 Å². The molecule has 1 unspecified atom stereocenters. The summed E-state index contributed by atoms with van der Waals surface area (Å²) in [6.07, 6.45) is 5.41. The molecule has 5 nitrogen and oxygen atoms in total. The van der Waals surface area contributed by atoms with Crippen molar-refractivity contribution >= 4 is 10.0 Å². The molecule has 96 valence electrons. The molecule has 0 spiro atoms. The normalized spacial score (nSPS) is 20.8. The van der Waals surface area contributed by atoms with Crippen molar-refractivity contribution in [2.75, 3.05) is 25.4 Å². The van der Waals surface area contributed by atoms with Crippen LogP contribution >= 0.6 is 0 Å². The molecule has 1 fully saturated rings. The summed E-state index contributed by atoms with van der Waals surface area (Å²) in [4.78, 5) is 2.95. The molecular weight excluding hydrogens is 238 g/mol. The molecule has 0 bridgehead atoms. The molecule has 2 heterocycles. The summed E-state index contributed by atoms with van der Waals surface area (Å²) in [6, 6.07) is 1.95. The minimum Gasteiger partial charge on any atom is -0.367 e. The lowest BCUT2D eigenvalue weighted by Gasteiger charge is -2.10. The van der Waals surface area contributed by atoms with Crippen molar-refractivity contribution < 1.29 is 8.42 Å². The van der Waals surface area contributed by atoms with Gasteiger partial charge >= 0.3 is 0 Å². The van der Waals surface area contributed by atoms with Crippen LogP contribution in [0.5, 0.6) is 0 Å². The van der Waals surface area contributed by atoms with Gasteiger partial charge in [0, 0.05) is 18.9 Å². The Labute approximate surface area is 102 Å². The molecule has 0 saturated carbocycles. The van der Waals surface area contributed by atoms with Crippen LogP contribution in [0.4, 0.5) is 0 Å². The van der Waals surface area contributed by atoms with E-state index in [1.165, 1.54) is 0 Å². The number of aromatic amines is 1. The molecule has 0 amide bonds. The number of nitrogens with one attached hydrogen (secondary N) is 3. The van der Waals surface area contributed by atoms with Gasteiger partial charge in [0.2, 0.25) is 10.0 Å². The minimum absolute atomic E-state index is 0.243. The van der Waals surface area contributed by atoms with Crippen LogP contribution in [0.25, 0.3) is 0 Å². The van der Waals surface area contributed by atoms with Gasteiger partial charge in [0.1, 0.15) is 0 Å². The molecule has 2 rings (SSSR count). The molecule has 1 aromatic rings. The summed E-state index contributed by atoms with van der Waals surface area (Å²) in [5.74, 6) is 0.507. The highest BCUT2D eigenvalue weighted by atomic mass is 32.2. The monoisotopic (exact) mass is 257 g/mol. The predicted octanol–water partition coefficient (Wildman–Crippen LogP) is 0.0861. The van der Waals surface area contributed by atoms with Gasteiger partial charge in [0.25, 0.3) is 0 Å². The van der Waals surface area contributed by atoms with Crippen LogP contribution in [-0.4, -0.2) is 38.8 Å². The van der Waals surface area contributed by atoms with Crippen molar-refractivity contribution in [2.45, 2.75) is 12.8 Å². The maximum absolute atomic E-state index is 11.8. The van der Waals surface area contributed by atoms with Crippen LogP contribution in [0, 0.1) is 5.92 Å². The standard InChI is InChI=1S/C11H19N3O2S/c15-17(16,9-11-2-5-13-8-11)14-6-3-10-1-4-12-7-10/h1,4,7,11-14H,2-3,5-6,8-9H2. The third-order valence-corrected chi connectivity index (χ3v) is 4.57. The lowest BCUT2D eigenvalue weighted by Crippen LogP contribution is -2.32. The van der Waals surface area contributed by atoms with Crippen LogP contribution in [0.2, 0.25) is 0 Å². The fraction of sp³-hybridized carbons (Fsp3) is 0.636. The molecule has 6 heteroatoms. The van der Waals surface area contributed by atoms with Crippen LogP contribution < -0.4 is 10.0 Å². The Morgan fingerprint density at radius 1 is 1.47 bits per heavy atom. The summed E-state index contributed by atoms with van der Waals surface area (Å²) < 4.78 is 26.2. The van der Waals surface area contributed by atoms with Gasteiger partial charge in [-0.1, -0.05) is 0 Å². The Bertz CT molecular complexity index is 422. The highest BCUT2D eigenvalue weighted by Gasteiger charge is 2.21. The third kappa shape index (κ3) is 4.14. The van der Waals surface area contributed by atoms with E-state index in [9.17, 15) is 8.42 Å². The van der Waals surface area contributed by atoms with E-state index >= 15 is 0 Å². The molecular formula is C11H19N3O2S. The second-order valence-corrected chi connectivity index (χ2v) is 6.36. The van der Waals surface area contributed by atoms with E-state index in [4.69, 9.17) is 0 Å². The summed E-state index contributed by atoms with van der Waals surface area (Å²) in [7, 11) is -3.12. The molecule has 0 radical (unpaired) electrons. The Hall–Kier alpha value is -0.850. The average molecular weight is 257 g/mol. The first kappa shape index (κ1) is 12.6. The lowest BCUT2D eigenvalue weighted by molar-refractivity contribution is 0.558. The van der Waals surface area contributed by atoms with E-state index in [1.807, 2.05) is 18.5 Å². The van der Waals surface area contributed by atoms with E-state index in [2.05, 4.69) is 15.0 Å². The molecule has 1 aliphatic rings. The smallest absolute Gasteiger partial charge is 0.211 e. The molecule has 3 N–H and O–H groups in total. The van der Waals surface area contributed by atoms with Crippen molar-refractivity contribution in [3.05, 3.63) is 24.0 Å². The van der Waals surface area contributed by atoms with E-state index in [0.717, 1.165) is 31.5 Å². The maximum Gasteiger partial charge on any atom is 0.211 e. The summed E-state index contributed by atoms with van der Waals surface area (Å²) >= 11 is 0. The van der Waals surface area contributed by atoms with Crippen LogP contribution in [0.3, 0.4) is 0 Å². The van der Waals surface area contributed by atoms with Gasteiger partial charge in [-0.2, -0.15) is 0 Å². The van der Waals surface area contributed by atoms with E-state index in [0.29, 0.717) is 6.54 Å². The minimum atomic E-state index is -3.12. The highest BCUT2D eigenvalue weighted by molar-refractivity contribution is 7.89. The average Bonchev–Trinajstić information content (AvgIpc) is 2.89. The van der Waals surface area contributed by atoms with E-state index in [-0.39, 0.29) is 11.7 Å². The van der Waals surface area contributed by atoms with Crippen molar-refractivity contribution in [3.8, 4) is 0 Å². The Morgan fingerprint density at radius 3 is 3.00 bits per heavy atom. The SMILES string of the molecule is O=S(=O)(CC1CCNC1)NCCc1cc[nH]c1. The highest BCUT2D eigenvalue weighted by Crippen LogP contribution is 2.09. The molecule has 0 aromatic carbocycles. The second-order valence-electron chi connectivity index (χ2n) is 4.50. The lowest BCUT2D eigenvalue weighted by atomic mass is 10.2.